The first-order valence-corrected chi connectivity index (χ1v) is 6.02. The molecule has 1 aliphatic rings. The van der Waals surface area contributed by atoms with E-state index in [0.29, 0.717) is 25.4 Å². The summed E-state index contributed by atoms with van der Waals surface area (Å²) in [6.45, 7) is 3.56. The Labute approximate surface area is 96.9 Å². The quantitative estimate of drug-likeness (QED) is 0.779. The van der Waals surface area contributed by atoms with Crippen LogP contribution in [0.2, 0.25) is 0 Å². The van der Waals surface area contributed by atoms with E-state index in [1.54, 1.807) is 4.90 Å². The van der Waals surface area contributed by atoms with Crippen LogP contribution in [0.3, 0.4) is 0 Å². The van der Waals surface area contributed by atoms with E-state index in [4.69, 9.17) is 10.4 Å². The number of nitriles is 1. The number of aliphatic hydroxyl groups excluding tert-OH is 1. The van der Waals surface area contributed by atoms with Crippen LogP contribution < -0.4 is 0 Å². The molecule has 1 fully saturated rings. The number of piperidine rings is 1. The van der Waals surface area contributed by atoms with Crippen molar-refractivity contribution in [2.24, 2.45) is 11.8 Å². The summed E-state index contributed by atoms with van der Waals surface area (Å²) in [7, 11) is 0. The van der Waals surface area contributed by atoms with Gasteiger partial charge in [0, 0.05) is 19.7 Å². The lowest BCUT2D eigenvalue weighted by Gasteiger charge is -2.32. The summed E-state index contributed by atoms with van der Waals surface area (Å²) in [6, 6.07) is 2.08. The Morgan fingerprint density at radius 3 is 2.62 bits per heavy atom. The first kappa shape index (κ1) is 13.0. The van der Waals surface area contributed by atoms with Crippen molar-refractivity contribution in [3.8, 4) is 6.07 Å². The van der Waals surface area contributed by atoms with Gasteiger partial charge in [-0.15, -0.1) is 0 Å². The van der Waals surface area contributed by atoms with Crippen molar-refractivity contribution in [1.82, 2.24) is 4.90 Å². The normalized spacial score (nSPS) is 19.2. The van der Waals surface area contributed by atoms with E-state index in [1.807, 2.05) is 6.92 Å². The molecule has 0 aromatic heterocycles. The van der Waals surface area contributed by atoms with Crippen molar-refractivity contribution < 1.29 is 9.90 Å². The third kappa shape index (κ3) is 3.21. The van der Waals surface area contributed by atoms with Crippen molar-refractivity contribution in [2.75, 3.05) is 19.7 Å². The zero-order chi connectivity index (χ0) is 12.0. The van der Waals surface area contributed by atoms with Crippen LogP contribution in [-0.4, -0.2) is 35.6 Å². The Bertz CT molecular complexity index is 265. The molecule has 0 spiro atoms. The highest BCUT2D eigenvalue weighted by Gasteiger charge is 2.27. The lowest BCUT2D eigenvalue weighted by Crippen LogP contribution is -2.42. The fraction of sp³-hybridized carbons (Fsp3) is 0.833. The van der Waals surface area contributed by atoms with Crippen LogP contribution in [0.25, 0.3) is 0 Å². The zero-order valence-corrected chi connectivity index (χ0v) is 9.85. The summed E-state index contributed by atoms with van der Waals surface area (Å²) >= 11 is 0. The van der Waals surface area contributed by atoms with Crippen LogP contribution in [0.4, 0.5) is 0 Å². The average Bonchev–Trinajstić information content (AvgIpc) is 2.35. The van der Waals surface area contributed by atoms with E-state index in [1.165, 1.54) is 0 Å². The van der Waals surface area contributed by atoms with Crippen LogP contribution in [0, 0.1) is 23.2 Å². The highest BCUT2D eigenvalue weighted by molar-refractivity contribution is 5.81. The van der Waals surface area contributed by atoms with Crippen LogP contribution >= 0.6 is 0 Å². The van der Waals surface area contributed by atoms with Gasteiger partial charge in [-0.2, -0.15) is 5.26 Å². The Morgan fingerprint density at radius 1 is 1.56 bits per heavy atom. The Hall–Kier alpha value is -1.08. The highest BCUT2D eigenvalue weighted by Crippen LogP contribution is 2.19. The minimum atomic E-state index is -0.476. The summed E-state index contributed by atoms with van der Waals surface area (Å²) in [4.78, 5) is 13.7. The topological polar surface area (TPSA) is 64.3 Å². The Balaban J connectivity index is 2.46. The number of carbonyl (C=O) groups is 1. The van der Waals surface area contributed by atoms with Crippen LogP contribution in [-0.2, 0) is 4.79 Å². The number of aliphatic hydroxyl groups is 1. The van der Waals surface area contributed by atoms with Crippen LogP contribution in [0.15, 0.2) is 0 Å². The number of likely N-dealkylation sites (tertiary alicyclic amines) is 1. The molecular weight excluding hydrogens is 204 g/mol. The fourth-order valence-corrected chi connectivity index (χ4v) is 2.09. The van der Waals surface area contributed by atoms with Gasteiger partial charge in [0.05, 0.1) is 6.07 Å². The predicted molar refractivity (Wildman–Crippen MR) is 60.4 cm³/mol. The minimum Gasteiger partial charge on any atom is -0.396 e. The molecule has 0 aromatic rings. The Morgan fingerprint density at radius 2 is 2.19 bits per heavy atom. The molecule has 4 nitrogen and oxygen atoms in total. The lowest BCUT2D eigenvalue weighted by atomic mass is 9.96. The first-order valence-electron chi connectivity index (χ1n) is 6.02. The maximum Gasteiger partial charge on any atom is 0.239 e. The maximum absolute atomic E-state index is 12.0. The SMILES string of the molecule is CCCC(C#N)C(=O)N1CCC(CO)CC1. The fourth-order valence-electron chi connectivity index (χ4n) is 2.09. The molecular formula is C12H20N2O2. The predicted octanol–water partition coefficient (Wildman–Crippen LogP) is 1.16. The van der Waals surface area contributed by atoms with Gasteiger partial charge in [-0.25, -0.2) is 0 Å². The third-order valence-electron chi connectivity index (χ3n) is 3.22. The standard InChI is InChI=1S/C12H20N2O2/c1-2-3-11(8-13)12(16)14-6-4-10(9-15)5-7-14/h10-11,15H,2-7,9H2,1H3. The van der Waals surface area contributed by atoms with E-state index >= 15 is 0 Å². The van der Waals surface area contributed by atoms with Crippen molar-refractivity contribution in [3.05, 3.63) is 0 Å². The van der Waals surface area contributed by atoms with E-state index in [9.17, 15) is 4.79 Å². The van der Waals surface area contributed by atoms with Gasteiger partial charge in [-0.3, -0.25) is 4.79 Å². The van der Waals surface area contributed by atoms with Gasteiger partial charge < -0.3 is 10.0 Å². The largest absolute Gasteiger partial charge is 0.396 e. The second kappa shape index (κ2) is 6.49. The number of nitrogens with zero attached hydrogens (tertiary/aromatic N) is 2. The highest BCUT2D eigenvalue weighted by atomic mass is 16.3. The molecule has 1 heterocycles. The second-order valence-electron chi connectivity index (χ2n) is 4.42. The van der Waals surface area contributed by atoms with Gasteiger partial charge in [-0.1, -0.05) is 13.3 Å². The van der Waals surface area contributed by atoms with E-state index in [2.05, 4.69) is 6.07 Å². The van der Waals surface area contributed by atoms with Gasteiger partial charge >= 0.3 is 0 Å². The van der Waals surface area contributed by atoms with Gasteiger partial charge in [-0.05, 0) is 25.2 Å². The van der Waals surface area contributed by atoms with E-state index in [-0.39, 0.29) is 12.5 Å². The van der Waals surface area contributed by atoms with Gasteiger partial charge in [0.2, 0.25) is 5.91 Å². The van der Waals surface area contributed by atoms with Gasteiger partial charge in [0.15, 0.2) is 0 Å². The molecule has 0 aromatic carbocycles. The molecule has 0 radical (unpaired) electrons. The van der Waals surface area contributed by atoms with Crippen molar-refractivity contribution >= 4 is 5.91 Å². The van der Waals surface area contributed by atoms with E-state index in [0.717, 1.165) is 19.3 Å². The Kier molecular flexibility index (Phi) is 5.27. The molecule has 1 amide bonds. The molecule has 0 aliphatic carbocycles. The molecule has 0 bridgehead atoms. The van der Waals surface area contributed by atoms with Crippen molar-refractivity contribution in [1.29, 1.82) is 5.26 Å². The van der Waals surface area contributed by atoms with Crippen LogP contribution in [0.5, 0.6) is 0 Å². The second-order valence-corrected chi connectivity index (χ2v) is 4.42. The smallest absolute Gasteiger partial charge is 0.239 e. The molecule has 1 aliphatic heterocycles. The number of amides is 1. The molecule has 1 rings (SSSR count). The minimum absolute atomic E-state index is 0.0271. The van der Waals surface area contributed by atoms with Crippen molar-refractivity contribution in [2.45, 2.75) is 32.6 Å². The molecule has 1 N–H and O–H groups in total. The first-order chi connectivity index (χ1) is 7.72. The maximum atomic E-state index is 12.0. The molecule has 1 atom stereocenters. The molecule has 90 valence electrons. The summed E-state index contributed by atoms with van der Waals surface area (Å²) in [5.74, 6) is -0.174. The molecule has 4 heteroatoms. The van der Waals surface area contributed by atoms with E-state index < -0.39 is 5.92 Å². The number of rotatable bonds is 4. The molecule has 1 saturated heterocycles. The third-order valence-corrected chi connectivity index (χ3v) is 3.22. The number of hydrogen-bond acceptors (Lipinski definition) is 3. The number of hydrogen-bond donors (Lipinski definition) is 1. The summed E-state index contributed by atoms with van der Waals surface area (Å²) < 4.78 is 0. The monoisotopic (exact) mass is 224 g/mol. The molecule has 1 unspecified atom stereocenters. The van der Waals surface area contributed by atoms with Crippen molar-refractivity contribution in [3.63, 3.8) is 0 Å². The summed E-state index contributed by atoms with van der Waals surface area (Å²) in [5.41, 5.74) is 0. The lowest BCUT2D eigenvalue weighted by molar-refractivity contribution is -0.135. The summed E-state index contributed by atoms with van der Waals surface area (Å²) in [6.07, 6.45) is 3.21. The van der Waals surface area contributed by atoms with Gasteiger partial charge in [0.1, 0.15) is 5.92 Å². The average molecular weight is 224 g/mol. The van der Waals surface area contributed by atoms with Crippen LogP contribution in [0.1, 0.15) is 32.6 Å². The van der Waals surface area contributed by atoms with Gasteiger partial charge in [0.25, 0.3) is 0 Å². The zero-order valence-electron chi connectivity index (χ0n) is 9.85. The summed E-state index contributed by atoms with van der Waals surface area (Å²) in [5, 5.41) is 17.9. The molecule has 0 saturated carbocycles. The molecule has 16 heavy (non-hydrogen) atoms. The number of carbonyl (C=O) groups excluding carboxylic acids is 1.